The first kappa shape index (κ1) is 14.8. The fourth-order valence-electron chi connectivity index (χ4n) is 1.63. The van der Waals surface area contributed by atoms with Gasteiger partial charge in [-0.3, -0.25) is 0 Å². The first-order valence-corrected chi connectivity index (χ1v) is 6.82. The topological polar surface area (TPSA) is 55.6 Å². The lowest BCUT2D eigenvalue weighted by molar-refractivity contribution is -0.138. The number of alkyl halides is 3. The number of anilines is 1. The number of rotatable bonds is 5. The molecule has 0 atom stereocenters. The van der Waals surface area contributed by atoms with Gasteiger partial charge in [-0.25, -0.2) is 4.98 Å². The molecule has 0 spiro atoms. The number of hydrogen-bond acceptors (Lipinski definition) is 5. The second kappa shape index (κ2) is 5.78. The third kappa shape index (κ3) is 3.69. The van der Waals surface area contributed by atoms with Crippen molar-refractivity contribution >= 4 is 16.5 Å². The second-order valence-corrected chi connectivity index (χ2v) is 5.63. The van der Waals surface area contributed by atoms with Gasteiger partial charge in [-0.1, -0.05) is 25.2 Å². The Bertz CT molecular complexity index is 560. The minimum atomic E-state index is -4.45. The number of halogens is 3. The maximum atomic E-state index is 12.4. The summed E-state index contributed by atoms with van der Waals surface area (Å²) in [7, 11) is 0. The van der Waals surface area contributed by atoms with Crippen molar-refractivity contribution in [3.63, 3.8) is 0 Å². The zero-order valence-electron chi connectivity index (χ0n) is 11.0. The van der Waals surface area contributed by atoms with Gasteiger partial charge in [0, 0.05) is 18.9 Å². The lowest BCUT2D eigenvalue weighted by Gasteiger charge is -2.10. The van der Waals surface area contributed by atoms with E-state index in [1.165, 1.54) is 0 Å². The molecule has 9 heteroatoms. The summed E-state index contributed by atoms with van der Waals surface area (Å²) in [6, 6.07) is 0. The van der Waals surface area contributed by atoms with Crippen LogP contribution in [0, 0.1) is 5.92 Å². The van der Waals surface area contributed by atoms with Gasteiger partial charge >= 0.3 is 6.18 Å². The number of nitrogens with zero attached hydrogens (tertiary/aromatic N) is 4. The largest absolute Gasteiger partial charge is 0.445 e. The fourth-order valence-corrected chi connectivity index (χ4v) is 2.24. The third-order valence-corrected chi connectivity index (χ3v) is 3.35. The third-order valence-electron chi connectivity index (χ3n) is 2.43. The normalized spacial score (nSPS) is 12.1. The van der Waals surface area contributed by atoms with Crippen LogP contribution in [-0.2, 0) is 19.3 Å². The van der Waals surface area contributed by atoms with E-state index in [0.29, 0.717) is 23.8 Å². The smallest absolute Gasteiger partial charge is 0.353 e. The van der Waals surface area contributed by atoms with Crippen molar-refractivity contribution in [1.29, 1.82) is 0 Å². The van der Waals surface area contributed by atoms with Crippen LogP contribution in [0.1, 0.15) is 24.7 Å². The van der Waals surface area contributed by atoms with Gasteiger partial charge in [-0.2, -0.15) is 13.2 Å². The summed E-state index contributed by atoms with van der Waals surface area (Å²) in [5.74, 6) is 1.21. The summed E-state index contributed by atoms with van der Waals surface area (Å²) in [6.07, 6.45) is -0.938. The van der Waals surface area contributed by atoms with E-state index in [1.54, 1.807) is 6.20 Å². The van der Waals surface area contributed by atoms with Crippen molar-refractivity contribution in [2.75, 3.05) is 5.32 Å². The van der Waals surface area contributed by atoms with Gasteiger partial charge in [0.15, 0.2) is 0 Å². The van der Waals surface area contributed by atoms with E-state index in [0.717, 1.165) is 12.4 Å². The van der Waals surface area contributed by atoms with Crippen molar-refractivity contribution in [3.05, 3.63) is 23.2 Å². The Morgan fingerprint density at radius 2 is 2.10 bits per heavy atom. The van der Waals surface area contributed by atoms with Crippen molar-refractivity contribution < 1.29 is 13.2 Å². The standard InChI is InChI=1S/C11H14F3N5S/c1-7(2)6-19-4-3-15-8(19)5-16-10-18-17-9(20-10)11(12,13)14/h3-4,7H,5-6H2,1-2H3,(H,16,18). The summed E-state index contributed by atoms with van der Waals surface area (Å²) in [4.78, 5) is 4.17. The van der Waals surface area contributed by atoms with Crippen LogP contribution in [0.2, 0.25) is 0 Å². The van der Waals surface area contributed by atoms with E-state index in [-0.39, 0.29) is 5.13 Å². The first-order chi connectivity index (χ1) is 9.36. The van der Waals surface area contributed by atoms with Crippen LogP contribution < -0.4 is 5.32 Å². The van der Waals surface area contributed by atoms with Gasteiger partial charge in [0.25, 0.3) is 0 Å². The summed E-state index contributed by atoms with van der Waals surface area (Å²) < 4.78 is 39.1. The van der Waals surface area contributed by atoms with E-state index < -0.39 is 11.2 Å². The monoisotopic (exact) mass is 305 g/mol. The molecule has 110 valence electrons. The molecule has 0 aliphatic heterocycles. The van der Waals surface area contributed by atoms with Crippen molar-refractivity contribution in [1.82, 2.24) is 19.7 Å². The maximum Gasteiger partial charge on any atom is 0.445 e. The molecule has 0 aromatic carbocycles. The van der Waals surface area contributed by atoms with Crippen molar-refractivity contribution in [2.45, 2.75) is 33.1 Å². The SMILES string of the molecule is CC(C)Cn1ccnc1CNc1nnc(C(F)(F)F)s1. The minimum absolute atomic E-state index is 0.136. The predicted molar refractivity (Wildman–Crippen MR) is 69.3 cm³/mol. The average molecular weight is 305 g/mol. The highest BCUT2D eigenvalue weighted by atomic mass is 32.1. The first-order valence-electron chi connectivity index (χ1n) is 6.01. The molecule has 0 radical (unpaired) electrons. The van der Waals surface area contributed by atoms with Gasteiger partial charge in [-0.05, 0) is 5.92 Å². The van der Waals surface area contributed by atoms with Crippen LogP contribution >= 0.6 is 11.3 Å². The molecule has 0 aliphatic rings. The Morgan fingerprint density at radius 1 is 1.35 bits per heavy atom. The van der Waals surface area contributed by atoms with Crippen LogP contribution in [-0.4, -0.2) is 19.7 Å². The summed E-state index contributed by atoms with van der Waals surface area (Å²) in [6.45, 7) is 5.28. The average Bonchev–Trinajstić information content (AvgIpc) is 2.93. The lowest BCUT2D eigenvalue weighted by Crippen LogP contribution is -2.11. The summed E-state index contributed by atoms with van der Waals surface area (Å²) in [5, 5.41) is 8.58. The highest BCUT2D eigenvalue weighted by Gasteiger charge is 2.35. The molecule has 0 saturated carbocycles. The molecule has 0 saturated heterocycles. The quantitative estimate of drug-likeness (QED) is 0.922. The maximum absolute atomic E-state index is 12.4. The van der Waals surface area contributed by atoms with Gasteiger partial charge in [0.05, 0.1) is 6.54 Å². The molecule has 20 heavy (non-hydrogen) atoms. The van der Waals surface area contributed by atoms with Crippen molar-refractivity contribution in [2.24, 2.45) is 5.92 Å². The number of imidazole rings is 1. The lowest BCUT2D eigenvalue weighted by atomic mass is 10.2. The van der Waals surface area contributed by atoms with Crippen LogP contribution in [0.5, 0.6) is 0 Å². The molecule has 0 aliphatic carbocycles. The molecule has 0 amide bonds. The van der Waals surface area contributed by atoms with Gasteiger partial charge in [0.1, 0.15) is 5.82 Å². The van der Waals surface area contributed by atoms with Crippen LogP contribution in [0.25, 0.3) is 0 Å². The van der Waals surface area contributed by atoms with Crippen LogP contribution in [0.3, 0.4) is 0 Å². The fraction of sp³-hybridized carbons (Fsp3) is 0.545. The number of nitrogens with one attached hydrogen (secondary N) is 1. The molecular weight excluding hydrogens is 291 g/mol. The van der Waals surface area contributed by atoms with E-state index in [1.807, 2.05) is 10.8 Å². The number of aromatic nitrogens is 4. The van der Waals surface area contributed by atoms with Crippen molar-refractivity contribution in [3.8, 4) is 0 Å². The Labute approximate surface area is 117 Å². The van der Waals surface area contributed by atoms with Crippen LogP contribution in [0.15, 0.2) is 12.4 Å². The summed E-state index contributed by atoms with van der Waals surface area (Å²) in [5.41, 5.74) is 0. The Hall–Kier alpha value is -1.64. The molecule has 0 unspecified atom stereocenters. The van der Waals surface area contributed by atoms with Crippen LogP contribution in [0.4, 0.5) is 18.3 Å². The highest BCUT2D eigenvalue weighted by Crippen LogP contribution is 2.33. The van der Waals surface area contributed by atoms with E-state index >= 15 is 0 Å². The van der Waals surface area contributed by atoms with Gasteiger partial charge in [-0.15, -0.1) is 10.2 Å². The molecule has 5 nitrogen and oxygen atoms in total. The zero-order chi connectivity index (χ0) is 14.8. The minimum Gasteiger partial charge on any atom is -0.353 e. The number of hydrogen-bond donors (Lipinski definition) is 1. The Morgan fingerprint density at radius 3 is 2.70 bits per heavy atom. The molecule has 0 fully saturated rings. The van der Waals surface area contributed by atoms with Gasteiger partial charge in [0.2, 0.25) is 10.1 Å². The molecule has 2 heterocycles. The molecular formula is C11H14F3N5S. The molecule has 2 aromatic heterocycles. The Balaban J connectivity index is 1.99. The summed E-state index contributed by atoms with van der Waals surface area (Å²) >= 11 is 0.486. The molecule has 0 bridgehead atoms. The molecule has 2 aromatic rings. The van der Waals surface area contributed by atoms with E-state index in [9.17, 15) is 13.2 Å². The zero-order valence-corrected chi connectivity index (χ0v) is 11.8. The highest BCUT2D eigenvalue weighted by molar-refractivity contribution is 7.15. The van der Waals surface area contributed by atoms with E-state index in [2.05, 4.69) is 34.3 Å². The second-order valence-electron chi connectivity index (χ2n) is 4.65. The van der Waals surface area contributed by atoms with Gasteiger partial charge < -0.3 is 9.88 Å². The predicted octanol–water partition coefficient (Wildman–Crippen LogP) is 3.02. The Kier molecular flexibility index (Phi) is 4.26. The molecule has 1 N–H and O–H groups in total. The molecule has 2 rings (SSSR count). The van der Waals surface area contributed by atoms with E-state index in [4.69, 9.17) is 0 Å².